The first-order valence-electron chi connectivity index (χ1n) is 8.40. The standard InChI is InChI=1S/C16H25N5O2S/c1-20(2)11-13(22)21-8-5-16(6-9-21,14(23)18-12-3-4-12)19-15-17-7-10-24-15/h7,10,12H,3-6,8-9,11H2,1-2H3,(H,17,19)(H,18,23). The molecule has 132 valence electrons. The zero-order valence-electron chi connectivity index (χ0n) is 14.2. The van der Waals surface area contributed by atoms with Crippen LogP contribution in [0.4, 0.5) is 5.13 Å². The van der Waals surface area contributed by atoms with Crippen molar-refractivity contribution < 1.29 is 9.59 Å². The average Bonchev–Trinajstić information content (AvgIpc) is 3.21. The molecule has 2 aliphatic rings. The van der Waals surface area contributed by atoms with E-state index in [0.717, 1.165) is 18.0 Å². The predicted octanol–water partition coefficient (Wildman–Crippen LogP) is 0.756. The third kappa shape index (κ3) is 4.05. The van der Waals surface area contributed by atoms with Gasteiger partial charge in [-0.25, -0.2) is 4.98 Å². The van der Waals surface area contributed by atoms with Crippen molar-refractivity contribution in [2.45, 2.75) is 37.3 Å². The Morgan fingerprint density at radius 3 is 2.62 bits per heavy atom. The summed E-state index contributed by atoms with van der Waals surface area (Å²) in [5.74, 6) is 0.158. The van der Waals surface area contributed by atoms with E-state index in [1.54, 1.807) is 6.20 Å². The van der Waals surface area contributed by atoms with E-state index in [9.17, 15) is 9.59 Å². The minimum absolute atomic E-state index is 0.0416. The van der Waals surface area contributed by atoms with Gasteiger partial charge in [-0.05, 0) is 39.8 Å². The maximum atomic E-state index is 12.8. The summed E-state index contributed by atoms with van der Waals surface area (Å²) in [4.78, 5) is 33.1. The molecule has 1 aromatic heterocycles. The minimum Gasteiger partial charge on any atom is -0.351 e. The normalized spacial score (nSPS) is 20.0. The Kier molecular flexibility index (Phi) is 5.05. The van der Waals surface area contributed by atoms with Crippen LogP contribution in [0.15, 0.2) is 11.6 Å². The Morgan fingerprint density at radius 2 is 2.08 bits per heavy atom. The number of thiazole rings is 1. The Morgan fingerprint density at radius 1 is 1.38 bits per heavy atom. The molecule has 3 rings (SSSR count). The number of nitrogens with zero attached hydrogens (tertiary/aromatic N) is 3. The van der Waals surface area contributed by atoms with E-state index in [1.165, 1.54) is 11.3 Å². The quantitative estimate of drug-likeness (QED) is 0.791. The van der Waals surface area contributed by atoms with Crippen molar-refractivity contribution in [3.8, 4) is 0 Å². The number of rotatable bonds is 6. The van der Waals surface area contributed by atoms with Gasteiger partial charge in [0.15, 0.2) is 5.13 Å². The third-order valence-corrected chi connectivity index (χ3v) is 5.24. The summed E-state index contributed by atoms with van der Waals surface area (Å²) in [6, 6.07) is 0.320. The summed E-state index contributed by atoms with van der Waals surface area (Å²) in [7, 11) is 3.78. The molecule has 8 heteroatoms. The molecule has 2 N–H and O–H groups in total. The van der Waals surface area contributed by atoms with Crippen LogP contribution in [0.3, 0.4) is 0 Å². The second-order valence-electron chi connectivity index (χ2n) is 6.91. The Balaban J connectivity index is 1.67. The highest BCUT2D eigenvalue weighted by Gasteiger charge is 2.44. The molecule has 2 fully saturated rings. The lowest BCUT2D eigenvalue weighted by Crippen LogP contribution is -2.59. The van der Waals surface area contributed by atoms with Gasteiger partial charge in [0.1, 0.15) is 5.54 Å². The second kappa shape index (κ2) is 7.06. The van der Waals surface area contributed by atoms with Crippen molar-refractivity contribution in [1.29, 1.82) is 0 Å². The topological polar surface area (TPSA) is 77.6 Å². The van der Waals surface area contributed by atoms with Crippen molar-refractivity contribution in [3.05, 3.63) is 11.6 Å². The number of anilines is 1. The number of carbonyl (C=O) groups is 2. The monoisotopic (exact) mass is 351 g/mol. The average molecular weight is 351 g/mol. The molecule has 7 nitrogen and oxygen atoms in total. The summed E-state index contributed by atoms with van der Waals surface area (Å²) >= 11 is 1.49. The van der Waals surface area contributed by atoms with Gasteiger partial charge in [0.05, 0.1) is 6.54 Å². The molecule has 2 heterocycles. The molecule has 1 aromatic rings. The van der Waals surface area contributed by atoms with E-state index in [0.29, 0.717) is 38.5 Å². The maximum absolute atomic E-state index is 12.8. The van der Waals surface area contributed by atoms with Crippen molar-refractivity contribution in [1.82, 2.24) is 20.1 Å². The molecule has 1 aliphatic carbocycles. The van der Waals surface area contributed by atoms with Crippen molar-refractivity contribution in [2.75, 3.05) is 39.0 Å². The van der Waals surface area contributed by atoms with Crippen LogP contribution < -0.4 is 10.6 Å². The van der Waals surface area contributed by atoms with Gasteiger partial charge in [-0.15, -0.1) is 11.3 Å². The van der Waals surface area contributed by atoms with Crippen LogP contribution in [-0.4, -0.2) is 71.9 Å². The van der Waals surface area contributed by atoms with E-state index in [4.69, 9.17) is 0 Å². The Hall–Kier alpha value is -1.67. The minimum atomic E-state index is -0.671. The van der Waals surface area contributed by atoms with Crippen LogP contribution >= 0.6 is 11.3 Å². The van der Waals surface area contributed by atoms with Crippen LogP contribution in [0.2, 0.25) is 0 Å². The van der Waals surface area contributed by atoms with E-state index < -0.39 is 5.54 Å². The van der Waals surface area contributed by atoms with E-state index in [-0.39, 0.29) is 11.8 Å². The van der Waals surface area contributed by atoms with Gasteiger partial charge in [-0.2, -0.15) is 0 Å². The second-order valence-corrected chi connectivity index (χ2v) is 7.81. The number of hydrogen-bond donors (Lipinski definition) is 2. The molecule has 0 radical (unpaired) electrons. The third-order valence-electron chi connectivity index (χ3n) is 4.55. The molecule has 0 atom stereocenters. The maximum Gasteiger partial charge on any atom is 0.246 e. The summed E-state index contributed by atoms with van der Waals surface area (Å²) in [6.07, 6.45) is 5.06. The SMILES string of the molecule is CN(C)CC(=O)N1CCC(Nc2nccs2)(C(=O)NC2CC2)CC1. The van der Waals surface area contributed by atoms with Crippen LogP contribution in [-0.2, 0) is 9.59 Å². The number of likely N-dealkylation sites (tertiary alicyclic amines) is 1. The van der Waals surface area contributed by atoms with Crippen LogP contribution in [0.1, 0.15) is 25.7 Å². The molecule has 0 bridgehead atoms. The molecule has 2 amide bonds. The number of hydrogen-bond acceptors (Lipinski definition) is 6. The fourth-order valence-electron chi connectivity index (χ4n) is 2.96. The molecular weight excluding hydrogens is 326 g/mol. The van der Waals surface area contributed by atoms with Gasteiger partial charge in [-0.3, -0.25) is 9.59 Å². The highest BCUT2D eigenvalue weighted by Crippen LogP contribution is 2.30. The van der Waals surface area contributed by atoms with Gasteiger partial charge in [0.2, 0.25) is 11.8 Å². The zero-order valence-corrected chi connectivity index (χ0v) is 15.1. The molecule has 1 saturated heterocycles. The van der Waals surface area contributed by atoms with E-state index >= 15 is 0 Å². The number of piperidine rings is 1. The highest BCUT2D eigenvalue weighted by atomic mass is 32.1. The lowest BCUT2D eigenvalue weighted by atomic mass is 9.86. The first-order valence-corrected chi connectivity index (χ1v) is 9.28. The lowest BCUT2D eigenvalue weighted by Gasteiger charge is -2.41. The number of likely N-dealkylation sites (N-methyl/N-ethyl adjacent to an activating group) is 1. The zero-order chi connectivity index (χ0) is 17.2. The van der Waals surface area contributed by atoms with Crippen LogP contribution in [0, 0.1) is 0 Å². The molecule has 1 aliphatic heterocycles. The van der Waals surface area contributed by atoms with Crippen LogP contribution in [0.5, 0.6) is 0 Å². The summed E-state index contributed by atoms with van der Waals surface area (Å²) < 4.78 is 0. The number of amides is 2. The number of nitrogens with one attached hydrogen (secondary N) is 2. The smallest absolute Gasteiger partial charge is 0.246 e. The van der Waals surface area contributed by atoms with E-state index in [1.807, 2.05) is 29.3 Å². The molecule has 1 saturated carbocycles. The number of aromatic nitrogens is 1. The predicted molar refractivity (Wildman–Crippen MR) is 94.0 cm³/mol. The number of carbonyl (C=O) groups excluding carboxylic acids is 2. The summed E-state index contributed by atoms with van der Waals surface area (Å²) in [5, 5.41) is 9.12. The van der Waals surface area contributed by atoms with Gasteiger partial charge in [0.25, 0.3) is 0 Å². The highest BCUT2D eigenvalue weighted by molar-refractivity contribution is 7.13. The Labute approximate surface area is 146 Å². The van der Waals surface area contributed by atoms with E-state index in [2.05, 4.69) is 15.6 Å². The fourth-order valence-corrected chi connectivity index (χ4v) is 3.58. The van der Waals surface area contributed by atoms with Gasteiger partial charge in [-0.1, -0.05) is 0 Å². The summed E-state index contributed by atoms with van der Waals surface area (Å²) in [5.41, 5.74) is -0.671. The van der Waals surface area contributed by atoms with Gasteiger partial charge < -0.3 is 20.4 Å². The Bertz CT molecular complexity index is 577. The first kappa shape index (κ1) is 17.2. The van der Waals surface area contributed by atoms with Gasteiger partial charge in [0, 0.05) is 30.7 Å². The van der Waals surface area contributed by atoms with Crippen LogP contribution in [0.25, 0.3) is 0 Å². The van der Waals surface area contributed by atoms with Crippen molar-refractivity contribution in [2.24, 2.45) is 0 Å². The molecule has 0 unspecified atom stereocenters. The molecule has 0 spiro atoms. The van der Waals surface area contributed by atoms with Crippen molar-refractivity contribution >= 4 is 28.3 Å². The molecular formula is C16H25N5O2S. The fraction of sp³-hybridized carbons (Fsp3) is 0.688. The molecule has 0 aromatic carbocycles. The lowest BCUT2D eigenvalue weighted by molar-refractivity contribution is -0.136. The first-order chi connectivity index (χ1) is 11.5. The van der Waals surface area contributed by atoms with Gasteiger partial charge >= 0.3 is 0 Å². The molecule has 24 heavy (non-hydrogen) atoms. The van der Waals surface area contributed by atoms with Crippen molar-refractivity contribution in [3.63, 3.8) is 0 Å². The largest absolute Gasteiger partial charge is 0.351 e. The summed E-state index contributed by atoms with van der Waals surface area (Å²) in [6.45, 7) is 1.58.